The van der Waals surface area contributed by atoms with Crippen LogP contribution in [-0.4, -0.2) is 45.3 Å². The fourth-order valence-electron chi connectivity index (χ4n) is 1.79. The summed E-state index contributed by atoms with van der Waals surface area (Å²) in [5.74, 6) is 0. The largest absolute Gasteiger partial charge is 0.394 e. The maximum absolute atomic E-state index is 11.4. The Bertz CT molecular complexity index is 537. The van der Waals surface area contributed by atoms with Gasteiger partial charge in [-0.25, -0.2) is 0 Å². The second-order valence-corrected chi connectivity index (χ2v) is 3.92. The van der Waals surface area contributed by atoms with E-state index in [1.807, 2.05) is 0 Å². The highest BCUT2D eigenvalue weighted by molar-refractivity contribution is 5.21. The molecule has 1 fully saturated rings. The molecule has 0 amide bonds. The molecule has 0 radical (unpaired) electrons. The number of aliphatic hydroxyl groups is 3. The highest BCUT2D eigenvalue weighted by Crippen LogP contribution is 2.24. The Balaban J connectivity index is 2.31. The first-order chi connectivity index (χ1) is 8.58. The minimum absolute atomic E-state index is 0.0713. The summed E-state index contributed by atoms with van der Waals surface area (Å²) in [4.78, 5) is 11.4. The molecule has 96 valence electrons. The van der Waals surface area contributed by atoms with Crippen molar-refractivity contribution in [3.8, 4) is 6.07 Å². The Labute approximate surface area is 101 Å². The van der Waals surface area contributed by atoms with Crippen molar-refractivity contribution >= 4 is 0 Å². The van der Waals surface area contributed by atoms with Gasteiger partial charge in [0.2, 0.25) is 0 Å². The third kappa shape index (κ3) is 2.00. The first-order valence-corrected chi connectivity index (χ1v) is 5.25. The predicted molar refractivity (Wildman–Crippen MR) is 55.0 cm³/mol. The molecule has 1 aromatic rings. The maximum Gasteiger partial charge on any atom is 0.315 e. The minimum atomic E-state index is -1.28. The lowest BCUT2D eigenvalue weighted by atomic mass is 10.1. The van der Waals surface area contributed by atoms with Crippen LogP contribution >= 0.6 is 0 Å². The molecule has 0 bridgehead atoms. The molecule has 4 atom stereocenters. The van der Waals surface area contributed by atoms with Crippen molar-refractivity contribution in [2.75, 3.05) is 6.61 Å². The van der Waals surface area contributed by atoms with Crippen molar-refractivity contribution < 1.29 is 24.7 Å². The van der Waals surface area contributed by atoms with Crippen LogP contribution in [0.2, 0.25) is 0 Å². The van der Waals surface area contributed by atoms with Crippen LogP contribution in [0.3, 0.4) is 0 Å². The molecule has 0 aliphatic carbocycles. The molecule has 2 heterocycles. The average molecular weight is 254 g/mol. The molecule has 0 spiro atoms. The van der Waals surface area contributed by atoms with Crippen molar-refractivity contribution in [1.29, 1.82) is 5.26 Å². The summed E-state index contributed by atoms with van der Waals surface area (Å²) in [6, 6.07) is 2.97. The number of hydrogen-bond donors (Lipinski definition) is 4. The molecule has 1 aromatic heterocycles. The zero-order valence-corrected chi connectivity index (χ0v) is 9.22. The van der Waals surface area contributed by atoms with Gasteiger partial charge in [0.15, 0.2) is 12.3 Å². The van der Waals surface area contributed by atoms with E-state index >= 15 is 0 Å². The van der Waals surface area contributed by atoms with Crippen molar-refractivity contribution in [2.45, 2.75) is 24.5 Å². The van der Waals surface area contributed by atoms with Gasteiger partial charge in [-0.15, -0.1) is 5.10 Å². The monoisotopic (exact) mass is 254 g/mol. The molecule has 8 nitrogen and oxygen atoms in total. The van der Waals surface area contributed by atoms with E-state index in [0.717, 1.165) is 4.68 Å². The fourth-order valence-corrected chi connectivity index (χ4v) is 1.79. The van der Waals surface area contributed by atoms with Crippen LogP contribution in [0.25, 0.3) is 0 Å². The number of nitrogens with zero attached hydrogens (tertiary/aromatic N) is 2. The quantitative estimate of drug-likeness (QED) is 0.420. The first kappa shape index (κ1) is 12.7. The molecule has 0 aromatic carbocycles. The number of nitrogens with one attached hydrogen (secondary N) is 1. The minimum Gasteiger partial charge on any atom is -0.394 e. The second kappa shape index (κ2) is 4.83. The first-order valence-electron chi connectivity index (χ1n) is 5.25. The van der Waals surface area contributed by atoms with Crippen molar-refractivity contribution in [3.05, 3.63) is 28.2 Å². The van der Waals surface area contributed by atoms with Crippen LogP contribution in [0, 0.1) is 11.3 Å². The van der Waals surface area contributed by atoms with Gasteiger partial charge in [-0.05, 0) is 0 Å². The molecule has 18 heavy (non-hydrogen) atoms. The van der Waals surface area contributed by atoms with Crippen LogP contribution in [0.15, 0.2) is 17.1 Å². The topological polar surface area (TPSA) is 130 Å². The van der Waals surface area contributed by atoms with Gasteiger partial charge >= 0.3 is 11.8 Å². The Morgan fingerprint density at radius 1 is 1.50 bits per heavy atom. The van der Waals surface area contributed by atoms with E-state index < -0.39 is 36.7 Å². The molecule has 8 heteroatoms. The molecule has 0 unspecified atom stereocenters. The Hall–Kier alpha value is -1.79. The summed E-state index contributed by atoms with van der Waals surface area (Å²) >= 11 is 0. The third-order valence-electron chi connectivity index (χ3n) is 2.79. The van der Waals surface area contributed by atoms with Gasteiger partial charge in [-0.2, -0.15) is 5.26 Å². The fraction of sp³-hybridized carbons (Fsp3) is 0.500. The van der Waals surface area contributed by atoms with Gasteiger partial charge in [-0.1, -0.05) is 4.68 Å². The van der Waals surface area contributed by atoms with E-state index in [1.165, 1.54) is 12.3 Å². The number of aliphatic hydroxyl groups excluding tert-OH is 3. The van der Waals surface area contributed by atoms with Crippen molar-refractivity contribution in [1.82, 2.24) is 5.10 Å². The lowest BCUT2D eigenvalue weighted by Gasteiger charge is -2.08. The number of aromatic amines is 1. The molecule has 4 N–H and O–H groups in total. The van der Waals surface area contributed by atoms with Crippen molar-refractivity contribution in [3.63, 3.8) is 0 Å². The third-order valence-corrected chi connectivity index (χ3v) is 2.79. The number of rotatable bonds is 2. The van der Waals surface area contributed by atoms with Crippen LogP contribution in [0.1, 0.15) is 11.8 Å². The van der Waals surface area contributed by atoms with E-state index in [-0.39, 0.29) is 5.56 Å². The standard InChI is InChI=1S/C10H11N3O5/c11-3-5-1-2-13(12-9(5)17)10-8(16)7(15)6(4-14)18-10/h1-2,6-8,10,14-16H,4H2/p+1/t6-,7-,8-,10-/m1/s1. The highest BCUT2D eigenvalue weighted by atomic mass is 16.6. The highest BCUT2D eigenvalue weighted by Gasteiger charge is 2.48. The number of nitriles is 1. The normalized spacial score (nSPS) is 31.2. The molecular formula is C10H12N3O5+. The van der Waals surface area contributed by atoms with E-state index in [9.17, 15) is 15.0 Å². The predicted octanol–water partition coefficient (Wildman–Crippen LogP) is -2.85. The Morgan fingerprint density at radius 2 is 2.22 bits per heavy atom. The SMILES string of the molecule is N#Cc1cc[n+]([C@@H]2O[C@H](CO)[C@@H](O)[C@H]2O)[nH]c1=O. The summed E-state index contributed by atoms with van der Waals surface area (Å²) in [7, 11) is 0. The number of ether oxygens (including phenoxy) is 1. The van der Waals surface area contributed by atoms with E-state index in [0.29, 0.717) is 0 Å². The molecule has 0 saturated carbocycles. The van der Waals surface area contributed by atoms with E-state index in [1.54, 1.807) is 6.07 Å². The zero-order valence-electron chi connectivity index (χ0n) is 9.22. The second-order valence-electron chi connectivity index (χ2n) is 3.92. The molecule has 2 rings (SSSR count). The Kier molecular flexibility index (Phi) is 3.40. The van der Waals surface area contributed by atoms with Gasteiger partial charge in [0.05, 0.1) is 6.61 Å². The molecule has 1 aliphatic rings. The maximum atomic E-state index is 11.4. The molecule has 1 saturated heterocycles. The smallest absolute Gasteiger partial charge is 0.315 e. The van der Waals surface area contributed by atoms with Gasteiger partial charge in [-0.3, -0.25) is 4.79 Å². The van der Waals surface area contributed by atoms with Gasteiger partial charge in [0.1, 0.15) is 23.8 Å². The average Bonchev–Trinajstić information content (AvgIpc) is 2.66. The summed E-state index contributed by atoms with van der Waals surface area (Å²) < 4.78 is 6.36. The summed E-state index contributed by atoms with van der Waals surface area (Å²) in [5, 5.41) is 39.2. The van der Waals surface area contributed by atoms with Gasteiger partial charge in [0, 0.05) is 6.07 Å². The van der Waals surface area contributed by atoms with Crippen molar-refractivity contribution in [2.24, 2.45) is 0 Å². The molecule has 1 aliphatic heterocycles. The summed E-state index contributed by atoms with van der Waals surface area (Å²) in [6.07, 6.45) is -3.11. The summed E-state index contributed by atoms with van der Waals surface area (Å²) in [6.45, 7) is -0.449. The van der Waals surface area contributed by atoms with Gasteiger partial charge < -0.3 is 20.1 Å². The van der Waals surface area contributed by atoms with Crippen LogP contribution in [0.4, 0.5) is 0 Å². The van der Waals surface area contributed by atoms with Crippen LogP contribution in [-0.2, 0) is 4.74 Å². The van der Waals surface area contributed by atoms with Crippen LogP contribution < -0.4 is 10.2 Å². The summed E-state index contributed by atoms with van der Waals surface area (Å²) in [5.41, 5.74) is -0.698. The number of hydrogen-bond acceptors (Lipinski definition) is 6. The molecular weight excluding hydrogens is 242 g/mol. The van der Waals surface area contributed by atoms with Crippen LogP contribution in [0.5, 0.6) is 0 Å². The Morgan fingerprint density at radius 3 is 2.72 bits per heavy atom. The lowest BCUT2D eigenvalue weighted by molar-refractivity contribution is -0.815. The number of aromatic nitrogens is 2. The van der Waals surface area contributed by atoms with E-state index in [4.69, 9.17) is 15.1 Å². The van der Waals surface area contributed by atoms with Gasteiger partial charge in [0.25, 0.3) is 0 Å². The number of H-pyrrole nitrogens is 1. The zero-order chi connectivity index (χ0) is 13.3. The lowest BCUT2D eigenvalue weighted by Crippen LogP contribution is -2.51. The van der Waals surface area contributed by atoms with E-state index in [2.05, 4.69) is 5.10 Å².